The van der Waals surface area contributed by atoms with Crippen LogP contribution in [0.5, 0.6) is 0 Å². The summed E-state index contributed by atoms with van der Waals surface area (Å²) in [6.07, 6.45) is 2.28. The highest BCUT2D eigenvalue weighted by Gasteiger charge is 2.37. The Bertz CT molecular complexity index is 236. The minimum atomic E-state index is -0.405. The van der Waals surface area contributed by atoms with Crippen LogP contribution in [0.2, 0.25) is 0 Å². The van der Waals surface area contributed by atoms with Crippen molar-refractivity contribution >= 4 is 5.91 Å². The van der Waals surface area contributed by atoms with Gasteiger partial charge in [-0.05, 0) is 32.6 Å². The van der Waals surface area contributed by atoms with Crippen LogP contribution in [0.1, 0.15) is 40.5 Å². The number of carbonyl (C=O) groups excluding carboxylic acids is 1. The number of carbonyl (C=O) groups is 1. The van der Waals surface area contributed by atoms with Crippen molar-refractivity contribution < 1.29 is 4.79 Å². The first-order valence-electron chi connectivity index (χ1n) is 5.91. The highest BCUT2D eigenvalue weighted by atomic mass is 16.2. The van der Waals surface area contributed by atoms with Gasteiger partial charge in [-0.2, -0.15) is 0 Å². The number of nitrogens with two attached hydrogens (primary N) is 1. The van der Waals surface area contributed by atoms with Gasteiger partial charge < -0.3 is 10.6 Å². The molecule has 0 aromatic heterocycles. The summed E-state index contributed by atoms with van der Waals surface area (Å²) in [5, 5.41) is 0. The van der Waals surface area contributed by atoms with E-state index < -0.39 is 5.41 Å². The van der Waals surface area contributed by atoms with E-state index in [2.05, 4.69) is 13.8 Å². The molecule has 1 unspecified atom stereocenters. The molecule has 0 spiro atoms. The topological polar surface area (TPSA) is 46.3 Å². The van der Waals surface area contributed by atoms with Gasteiger partial charge in [0.05, 0.1) is 5.41 Å². The number of rotatable bonds is 3. The van der Waals surface area contributed by atoms with E-state index in [0.29, 0.717) is 18.5 Å². The van der Waals surface area contributed by atoms with Gasteiger partial charge in [0.1, 0.15) is 0 Å². The molecule has 0 aromatic carbocycles. The molecule has 15 heavy (non-hydrogen) atoms. The maximum absolute atomic E-state index is 12.3. The molecule has 0 bridgehead atoms. The van der Waals surface area contributed by atoms with Gasteiger partial charge in [-0.1, -0.05) is 13.8 Å². The molecule has 1 saturated heterocycles. The van der Waals surface area contributed by atoms with Crippen molar-refractivity contribution in [2.45, 2.75) is 46.6 Å². The van der Waals surface area contributed by atoms with Crippen LogP contribution in [-0.4, -0.2) is 29.9 Å². The highest BCUT2D eigenvalue weighted by molar-refractivity contribution is 5.82. The van der Waals surface area contributed by atoms with Crippen molar-refractivity contribution in [1.29, 1.82) is 0 Å². The normalized spacial score (nSPS) is 22.5. The summed E-state index contributed by atoms with van der Waals surface area (Å²) >= 11 is 0. The van der Waals surface area contributed by atoms with E-state index >= 15 is 0 Å². The van der Waals surface area contributed by atoms with Crippen LogP contribution >= 0.6 is 0 Å². The van der Waals surface area contributed by atoms with Crippen LogP contribution in [0, 0.1) is 11.3 Å². The van der Waals surface area contributed by atoms with Gasteiger partial charge in [0.15, 0.2) is 0 Å². The van der Waals surface area contributed by atoms with E-state index in [1.807, 2.05) is 18.7 Å². The van der Waals surface area contributed by atoms with Crippen LogP contribution in [0.25, 0.3) is 0 Å². The van der Waals surface area contributed by atoms with Crippen molar-refractivity contribution in [2.24, 2.45) is 17.1 Å². The first-order chi connectivity index (χ1) is 6.90. The van der Waals surface area contributed by atoms with E-state index in [9.17, 15) is 4.79 Å². The van der Waals surface area contributed by atoms with Gasteiger partial charge in [-0.3, -0.25) is 4.79 Å². The van der Waals surface area contributed by atoms with Crippen LogP contribution in [-0.2, 0) is 4.79 Å². The molecular formula is C12H24N2O. The Kier molecular flexibility index (Phi) is 3.77. The van der Waals surface area contributed by atoms with Gasteiger partial charge in [0.2, 0.25) is 5.91 Å². The van der Waals surface area contributed by atoms with E-state index in [4.69, 9.17) is 5.73 Å². The Morgan fingerprint density at radius 2 is 2.13 bits per heavy atom. The SMILES string of the molecule is CC(C)C1CCCN1C(=O)C(C)(C)CN. The lowest BCUT2D eigenvalue weighted by Crippen LogP contribution is -2.48. The van der Waals surface area contributed by atoms with Gasteiger partial charge in [0, 0.05) is 19.1 Å². The minimum Gasteiger partial charge on any atom is -0.339 e. The van der Waals surface area contributed by atoms with Gasteiger partial charge in [-0.25, -0.2) is 0 Å². The van der Waals surface area contributed by atoms with Gasteiger partial charge in [0.25, 0.3) is 0 Å². The maximum atomic E-state index is 12.3. The van der Waals surface area contributed by atoms with Crippen LogP contribution < -0.4 is 5.73 Å². The van der Waals surface area contributed by atoms with Crippen molar-refractivity contribution in [1.82, 2.24) is 4.90 Å². The fourth-order valence-corrected chi connectivity index (χ4v) is 2.21. The molecule has 1 aliphatic heterocycles. The van der Waals surface area contributed by atoms with Crippen LogP contribution in [0.15, 0.2) is 0 Å². The molecule has 1 fully saturated rings. The molecule has 88 valence electrons. The van der Waals surface area contributed by atoms with E-state index in [1.54, 1.807) is 0 Å². The first kappa shape index (κ1) is 12.5. The average Bonchev–Trinajstić information content (AvgIpc) is 2.64. The zero-order chi connectivity index (χ0) is 11.6. The maximum Gasteiger partial charge on any atom is 0.229 e. The molecule has 3 heteroatoms. The zero-order valence-electron chi connectivity index (χ0n) is 10.4. The highest BCUT2D eigenvalue weighted by Crippen LogP contribution is 2.28. The Morgan fingerprint density at radius 3 is 2.60 bits per heavy atom. The number of nitrogens with zero attached hydrogens (tertiary/aromatic N) is 1. The van der Waals surface area contributed by atoms with Crippen LogP contribution in [0.4, 0.5) is 0 Å². The molecule has 1 atom stereocenters. The largest absolute Gasteiger partial charge is 0.339 e. The number of likely N-dealkylation sites (tertiary alicyclic amines) is 1. The Labute approximate surface area is 93.0 Å². The standard InChI is InChI=1S/C12H24N2O/c1-9(2)10-6-5-7-14(10)11(15)12(3,4)8-13/h9-10H,5-8,13H2,1-4H3. The average molecular weight is 212 g/mol. The van der Waals surface area contributed by atoms with Crippen LogP contribution in [0.3, 0.4) is 0 Å². The lowest BCUT2D eigenvalue weighted by atomic mass is 9.90. The fraction of sp³-hybridized carbons (Fsp3) is 0.917. The summed E-state index contributed by atoms with van der Waals surface area (Å²) in [6, 6.07) is 0.420. The monoisotopic (exact) mass is 212 g/mol. The molecule has 0 aromatic rings. The van der Waals surface area contributed by atoms with Gasteiger partial charge in [-0.15, -0.1) is 0 Å². The summed E-state index contributed by atoms with van der Waals surface area (Å²) in [5.74, 6) is 0.770. The first-order valence-corrected chi connectivity index (χ1v) is 5.91. The Morgan fingerprint density at radius 1 is 1.53 bits per heavy atom. The molecule has 1 heterocycles. The summed E-state index contributed by atoms with van der Waals surface area (Å²) in [7, 11) is 0. The second-order valence-corrected chi connectivity index (χ2v) is 5.54. The molecule has 0 radical (unpaired) electrons. The second kappa shape index (κ2) is 4.52. The van der Waals surface area contributed by atoms with E-state index in [-0.39, 0.29) is 5.91 Å². The Balaban J connectivity index is 2.75. The minimum absolute atomic E-state index is 0.223. The molecule has 0 aliphatic carbocycles. The second-order valence-electron chi connectivity index (χ2n) is 5.54. The summed E-state index contributed by atoms with van der Waals surface area (Å²) in [6.45, 7) is 9.58. The number of hydrogen-bond donors (Lipinski definition) is 1. The third-order valence-corrected chi connectivity index (χ3v) is 3.42. The summed E-state index contributed by atoms with van der Waals surface area (Å²) in [5.41, 5.74) is 5.24. The smallest absolute Gasteiger partial charge is 0.229 e. The third kappa shape index (κ3) is 2.51. The van der Waals surface area contributed by atoms with Crippen molar-refractivity contribution in [3.05, 3.63) is 0 Å². The summed E-state index contributed by atoms with van der Waals surface area (Å²) < 4.78 is 0. The molecular weight excluding hydrogens is 188 g/mol. The van der Waals surface area contributed by atoms with Crippen molar-refractivity contribution in [2.75, 3.05) is 13.1 Å². The fourth-order valence-electron chi connectivity index (χ4n) is 2.21. The van der Waals surface area contributed by atoms with E-state index in [1.165, 1.54) is 0 Å². The third-order valence-electron chi connectivity index (χ3n) is 3.42. The van der Waals surface area contributed by atoms with E-state index in [0.717, 1.165) is 19.4 Å². The number of hydrogen-bond acceptors (Lipinski definition) is 2. The molecule has 2 N–H and O–H groups in total. The van der Waals surface area contributed by atoms with Gasteiger partial charge >= 0.3 is 0 Å². The quantitative estimate of drug-likeness (QED) is 0.772. The molecule has 1 amide bonds. The Hall–Kier alpha value is -0.570. The lowest BCUT2D eigenvalue weighted by molar-refractivity contribution is -0.141. The number of amides is 1. The lowest BCUT2D eigenvalue weighted by Gasteiger charge is -2.34. The molecule has 3 nitrogen and oxygen atoms in total. The predicted molar refractivity (Wildman–Crippen MR) is 62.4 cm³/mol. The summed E-state index contributed by atoms with van der Waals surface area (Å²) in [4.78, 5) is 14.3. The molecule has 0 saturated carbocycles. The molecule has 1 aliphatic rings. The zero-order valence-corrected chi connectivity index (χ0v) is 10.4. The molecule has 1 rings (SSSR count). The van der Waals surface area contributed by atoms with Crippen molar-refractivity contribution in [3.8, 4) is 0 Å². The predicted octanol–water partition coefficient (Wildman–Crippen LogP) is 1.62. The van der Waals surface area contributed by atoms with Crippen molar-refractivity contribution in [3.63, 3.8) is 0 Å².